The minimum absolute atomic E-state index is 0.0866. The van der Waals surface area contributed by atoms with E-state index in [1.54, 1.807) is 30.3 Å². The Morgan fingerprint density at radius 3 is 2.29 bits per heavy atom. The number of benzene rings is 1. The first kappa shape index (κ1) is 24.3. The summed E-state index contributed by atoms with van der Waals surface area (Å²) in [5.41, 5.74) is 0.740. The Bertz CT molecular complexity index is 779. The van der Waals surface area contributed by atoms with E-state index < -0.39 is 54.0 Å². The van der Waals surface area contributed by atoms with Gasteiger partial charge in [0.05, 0.1) is 12.1 Å². The van der Waals surface area contributed by atoms with Gasteiger partial charge in [-0.05, 0) is 38.8 Å². The van der Waals surface area contributed by atoms with Gasteiger partial charge in [-0.25, -0.2) is 4.79 Å². The van der Waals surface area contributed by atoms with E-state index in [0.717, 1.165) is 12.0 Å². The Morgan fingerprint density at radius 1 is 1.06 bits per heavy atom. The Balaban J connectivity index is 1.94. The smallest absolute Gasteiger partial charge is 0.326 e. The minimum Gasteiger partial charge on any atom is -0.480 e. The Labute approximate surface area is 180 Å². The number of nitrogens with one attached hydrogen (secondary N) is 4. The van der Waals surface area contributed by atoms with Crippen LogP contribution in [-0.2, 0) is 25.6 Å². The third-order valence-electron chi connectivity index (χ3n) is 5.09. The monoisotopic (exact) mass is 434 g/mol. The molecule has 5 atom stereocenters. The van der Waals surface area contributed by atoms with Crippen molar-refractivity contribution in [1.82, 2.24) is 21.3 Å². The molecule has 0 bridgehead atoms. The summed E-state index contributed by atoms with van der Waals surface area (Å²) in [5, 5.41) is 29.7. The molecule has 5 unspecified atom stereocenters. The summed E-state index contributed by atoms with van der Waals surface area (Å²) in [6.07, 6.45) is 0.375. The van der Waals surface area contributed by atoms with Crippen LogP contribution in [0.3, 0.4) is 0 Å². The van der Waals surface area contributed by atoms with E-state index in [0.29, 0.717) is 13.0 Å². The van der Waals surface area contributed by atoms with Crippen molar-refractivity contribution in [2.75, 3.05) is 6.54 Å². The molecule has 1 aromatic carbocycles. The zero-order valence-electron chi connectivity index (χ0n) is 17.6. The van der Waals surface area contributed by atoms with Crippen molar-refractivity contribution >= 4 is 23.7 Å². The highest BCUT2D eigenvalue weighted by molar-refractivity contribution is 5.94. The maximum atomic E-state index is 12.6. The molecule has 3 amide bonds. The van der Waals surface area contributed by atoms with Crippen LogP contribution in [0.5, 0.6) is 0 Å². The SMILES string of the molecule is CC(NC(=O)C(NC(=O)C1CCCN1)C(C)O)C(=O)NC(Cc1ccccc1)C(=O)O. The normalized spacial score (nSPS) is 19.5. The highest BCUT2D eigenvalue weighted by Gasteiger charge is 2.32. The van der Waals surface area contributed by atoms with Gasteiger partial charge in [0, 0.05) is 6.42 Å². The molecule has 170 valence electrons. The molecule has 0 saturated carbocycles. The molecule has 0 spiro atoms. The first-order chi connectivity index (χ1) is 14.7. The van der Waals surface area contributed by atoms with E-state index in [-0.39, 0.29) is 6.42 Å². The predicted octanol–water partition coefficient (Wildman–Crippen LogP) is -1.08. The number of hydrogen-bond donors (Lipinski definition) is 6. The van der Waals surface area contributed by atoms with Crippen LogP contribution in [0.2, 0.25) is 0 Å². The van der Waals surface area contributed by atoms with Gasteiger partial charge < -0.3 is 31.5 Å². The van der Waals surface area contributed by atoms with Crippen LogP contribution >= 0.6 is 0 Å². The summed E-state index contributed by atoms with van der Waals surface area (Å²) in [6.45, 7) is 3.46. The molecule has 1 saturated heterocycles. The lowest BCUT2D eigenvalue weighted by Gasteiger charge is -2.25. The molecule has 10 heteroatoms. The van der Waals surface area contributed by atoms with Gasteiger partial charge in [-0.1, -0.05) is 30.3 Å². The van der Waals surface area contributed by atoms with E-state index in [2.05, 4.69) is 21.3 Å². The summed E-state index contributed by atoms with van der Waals surface area (Å²) < 4.78 is 0. The number of aliphatic hydroxyl groups is 1. The third-order valence-corrected chi connectivity index (χ3v) is 5.09. The minimum atomic E-state index is -1.25. The molecule has 1 fully saturated rings. The average molecular weight is 434 g/mol. The lowest BCUT2D eigenvalue weighted by atomic mass is 10.1. The lowest BCUT2D eigenvalue weighted by Crippen LogP contribution is -2.59. The van der Waals surface area contributed by atoms with Gasteiger partial charge in [0.2, 0.25) is 17.7 Å². The van der Waals surface area contributed by atoms with Gasteiger partial charge in [0.25, 0.3) is 0 Å². The largest absolute Gasteiger partial charge is 0.480 e. The number of carbonyl (C=O) groups is 4. The fourth-order valence-electron chi connectivity index (χ4n) is 3.28. The second kappa shape index (κ2) is 11.4. The van der Waals surface area contributed by atoms with Crippen LogP contribution in [0.15, 0.2) is 30.3 Å². The standard InChI is InChI=1S/C21H30N4O6/c1-12(18(27)24-16(21(30)31)11-14-7-4-3-5-8-14)23-20(29)17(13(2)26)25-19(28)15-9-6-10-22-15/h3-5,7-8,12-13,15-17,22,26H,6,9-11H2,1-2H3,(H,23,29)(H,24,27)(H,25,28)(H,30,31). The molecule has 0 aliphatic carbocycles. The van der Waals surface area contributed by atoms with Crippen molar-refractivity contribution in [2.24, 2.45) is 0 Å². The Morgan fingerprint density at radius 2 is 1.74 bits per heavy atom. The summed E-state index contributed by atoms with van der Waals surface area (Å²) >= 11 is 0. The summed E-state index contributed by atoms with van der Waals surface area (Å²) in [5.74, 6) is -3.03. The molecule has 2 rings (SSSR count). The van der Waals surface area contributed by atoms with Gasteiger partial charge in [-0.3, -0.25) is 14.4 Å². The average Bonchev–Trinajstić information content (AvgIpc) is 3.26. The molecule has 31 heavy (non-hydrogen) atoms. The fourth-order valence-corrected chi connectivity index (χ4v) is 3.28. The van der Waals surface area contributed by atoms with Crippen molar-refractivity contribution in [3.05, 3.63) is 35.9 Å². The summed E-state index contributed by atoms with van der Waals surface area (Å²) in [6, 6.07) is 4.92. The summed E-state index contributed by atoms with van der Waals surface area (Å²) in [4.78, 5) is 48.8. The van der Waals surface area contributed by atoms with Crippen LogP contribution < -0.4 is 21.3 Å². The van der Waals surface area contributed by atoms with Crippen molar-refractivity contribution < 1.29 is 29.4 Å². The number of carboxylic acid groups (broad SMARTS) is 1. The van der Waals surface area contributed by atoms with Crippen LogP contribution in [0.4, 0.5) is 0 Å². The molecule has 1 heterocycles. The lowest BCUT2D eigenvalue weighted by molar-refractivity contribution is -0.142. The number of rotatable bonds is 10. The molecule has 0 radical (unpaired) electrons. The quantitative estimate of drug-likeness (QED) is 0.273. The third kappa shape index (κ3) is 7.34. The maximum Gasteiger partial charge on any atom is 0.326 e. The second-order valence-electron chi connectivity index (χ2n) is 7.70. The first-order valence-corrected chi connectivity index (χ1v) is 10.3. The van der Waals surface area contributed by atoms with Gasteiger partial charge >= 0.3 is 5.97 Å². The van der Waals surface area contributed by atoms with Crippen LogP contribution in [0, 0.1) is 0 Å². The predicted molar refractivity (Wildman–Crippen MR) is 112 cm³/mol. The molecule has 1 aliphatic rings. The zero-order valence-corrected chi connectivity index (χ0v) is 17.6. The zero-order chi connectivity index (χ0) is 23.0. The van der Waals surface area contributed by atoms with E-state index in [9.17, 15) is 29.4 Å². The van der Waals surface area contributed by atoms with Crippen molar-refractivity contribution in [1.29, 1.82) is 0 Å². The molecule has 10 nitrogen and oxygen atoms in total. The highest BCUT2D eigenvalue weighted by Crippen LogP contribution is 2.07. The molecular formula is C21H30N4O6. The Kier molecular flexibility index (Phi) is 8.95. The van der Waals surface area contributed by atoms with Crippen molar-refractivity contribution in [3.8, 4) is 0 Å². The molecule has 0 aromatic heterocycles. The molecule has 1 aliphatic heterocycles. The molecule has 1 aromatic rings. The topological polar surface area (TPSA) is 157 Å². The number of aliphatic carboxylic acids is 1. The van der Waals surface area contributed by atoms with Gasteiger partial charge in [0.15, 0.2) is 0 Å². The van der Waals surface area contributed by atoms with Crippen molar-refractivity contribution in [2.45, 2.75) is 63.4 Å². The van der Waals surface area contributed by atoms with Gasteiger partial charge in [-0.15, -0.1) is 0 Å². The number of carbonyl (C=O) groups excluding carboxylic acids is 3. The van der Waals surface area contributed by atoms with E-state index in [1.807, 2.05) is 0 Å². The number of aliphatic hydroxyl groups excluding tert-OH is 1. The first-order valence-electron chi connectivity index (χ1n) is 10.3. The van der Waals surface area contributed by atoms with E-state index in [1.165, 1.54) is 13.8 Å². The molecular weight excluding hydrogens is 404 g/mol. The van der Waals surface area contributed by atoms with Crippen LogP contribution in [0.25, 0.3) is 0 Å². The van der Waals surface area contributed by atoms with Gasteiger partial charge in [-0.2, -0.15) is 0 Å². The van der Waals surface area contributed by atoms with E-state index >= 15 is 0 Å². The van der Waals surface area contributed by atoms with Crippen molar-refractivity contribution in [3.63, 3.8) is 0 Å². The van der Waals surface area contributed by atoms with Gasteiger partial charge in [0.1, 0.15) is 18.1 Å². The highest BCUT2D eigenvalue weighted by atomic mass is 16.4. The number of carboxylic acids is 1. The summed E-state index contributed by atoms with van der Waals surface area (Å²) in [7, 11) is 0. The van der Waals surface area contributed by atoms with Crippen LogP contribution in [0.1, 0.15) is 32.3 Å². The van der Waals surface area contributed by atoms with Crippen LogP contribution in [-0.4, -0.2) is 70.7 Å². The number of amides is 3. The number of hydrogen-bond acceptors (Lipinski definition) is 6. The maximum absolute atomic E-state index is 12.6. The fraction of sp³-hybridized carbons (Fsp3) is 0.524. The molecule has 6 N–H and O–H groups in total. The Hall–Kier alpha value is -2.98. The second-order valence-corrected chi connectivity index (χ2v) is 7.70. The van der Waals surface area contributed by atoms with E-state index in [4.69, 9.17) is 0 Å².